The van der Waals surface area contributed by atoms with Gasteiger partial charge in [0.2, 0.25) is 5.91 Å². The maximum atomic E-state index is 13.7. The second-order valence-electron chi connectivity index (χ2n) is 8.02. The van der Waals surface area contributed by atoms with Gasteiger partial charge in [0.15, 0.2) is 0 Å². The number of esters is 1. The number of alkyl halides is 3. The van der Waals surface area contributed by atoms with E-state index in [1.54, 1.807) is 36.7 Å². The van der Waals surface area contributed by atoms with Crippen molar-refractivity contribution in [3.8, 4) is 0 Å². The first-order valence-electron chi connectivity index (χ1n) is 11.3. The summed E-state index contributed by atoms with van der Waals surface area (Å²) in [5.74, 6) is -3.59. The number of carbonyl (C=O) groups excluding carboxylic acids is 3. The van der Waals surface area contributed by atoms with E-state index in [0.717, 1.165) is 5.56 Å². The molecule has 0 saturated carbocycles. The van der Waals surface area contributed by atoms with Gasteiger partial charge in [0.25, 0.3) is 0 Å². The summed E-state index contributed by atoms with van der Waals surface area (Å²) >= 11 is 0. The van der Waals surface area contributed by atoms with Gasteiger partial charge in [-0.25, -0.2) is 4.79 Å². The normalized spacial score (nSPS) is 11.9. The van der Waals surface area contributed by atoms with Crippen molar-refractivity contribution in [2.24, 2.45) is 0 Å². The standard InChI is InChI=1S/C26H25F3N4O4/c1-37-24(35)21-6-4-20(5-7-21)22(23(34)32-15-10-18-8-13-30-14-9-18)33(25(36)26(27,28)29)16-11-19-3-2-12-31-17-19/h2-9,12-14,17,22H,10-11,15-16H2,1H3,(H,32,34). The topological polar surface area (TPSA) is 101 Å². The van der Waals surface area contributed by atoms with Gasteiger partial charge in [0.1, 0.15) is 6.04 Å². The van der Waals surface area contributed by atoms with Gasteiger partial charge in [-0.15, -0.1) is 0 Å². The molecule has 0 aliphatic heterocycles. The minimum atomic E-state index is -5.21. The third kappa shape index (κ3) is 7.60. The molecule has 1 aromatic carbocycles. The fraction of sp³-hybridized carbons (Fsp3) is 0.269. The number of halogens is 3. The van der Waals surface area contributed by atoms with Crippen LogP contribution in [0.3, 0.4) is 0 Å². The molecule has 3 aromatic rings. The van der Waals surface area contributed by atoms with E-state index in [9.17, 15) is 27.6 Å². The van der Waals surface area contributed by atoms with E-state index in [1.807, 2.05) is 0 Å². The number of amides is 2. The van der Waals surface area contributed by atoms with Crippen LogP contribution in [0.2, 0.25) is 0 Å². The number of hydrogen-bond acceptors (Lipinski definition) is 6. The van der Waals surface area contributed by atoms with Gasteiger partial charge in [0, 0.05) is 37.9 Å². The zero-order valence-corrected chi connectivity index (χ0v) is 19.9. The van der Waals surface area contributed by atoms with Crippen molar-refractivity contribution in [2.75, 3.05) is 20.2 Å². The van der Waals surface area contributed by atoms with Gasteiger partial charge >= 0.3 is 18.1 Å². The van der Waals surface area contributed by atoms with E-state index in [1.165, 1.54) is 43.8 Å². The monoisotopic (exact) mass is 514 g/mol. The van der Waals surface area contributed by atoms with Gasteiger partial charge < -0.3 is 15.0 Å². The van der Waals surface area contributed by atoms with E-state index >= 15 is 0 Å². The Balaban J connectivity index is 1.92. The second-order valence-corrected chi connectivity index (χ2v) is 8.02. The van der Waals surface area contributed by atoms with Crippen molar-refractivity contribution in [2.45, 2.75) is 25.1 Å². The average Bonchev–Trinajstić information content (AvgIpc) is 2.91. The Bertz CT molecular complexity index is 1190. The quantitative estimate of drug-likeness (QED) is 0.417. The number of ether oxygens (including phenoxy) is 1. The highest BCUT2D eigenvalue weighted by molar-refractivity contribution is 5.92. The highest BCUT2D eigenvalue weighted by Crippen LogP contribution is 2.28. The van der Waals surface area contributed by atoms with Crippen molar-refractivity contribution in [1.82, 2.24) is 20.2 Å². The molecular formula is C26H25F3N4O4. The number of pyridine rings is 2. The molecule has 0 fully saturated rings. The first-order valence-corrected chi connectivity index (χ1v) is 11.3. The van der Waals surface area contributed by atoms with Crippen LogP contribution in [-0.2, 0) is 27.2 Å². The molecule has 1 atom stereocenters. The van der Waals surface area contributed by atoms with Crippen LogP contribution < -0.4 is 5.32 Å². The summed E-state index contributed by atoms with van der Waals surface area (Å²) in [5, 5.41) is 2.64. The van der Waals surface area contributed by atoms with Gasteiger partial charge in [-0.05, 0) is 59.9 Å². The number of aromatic nitrogens is 2. The highest BCUT2D eigenvalue weighted by Gasteiger charge is 2.46. The van der Waals surface area contributed by atoms with Crippen LogP contribution in [-0.4, -0.2) is 59.0 Å². The van der Waals surface area contributed by atoms with Crippen LogP contribution in [0.5, 0.6) is 0 Å². The molecule has 37 heavy (non-hydrogen) atoms. The predicted molar refractivity (Wildman–Crippen MR) is 127 cm³/mol. The van der Waals surface area contributed by atoms with Crippen LogP contribution in [0.4, 0.5) is 13.2 Å². The minimum Gasteiger partial charge on any atom is -0.465 e. The van der Waals surface area contributed by atoms with Crippen molar-refractivity contribution < 1.29 is 32.3 Å². The molecule has 2 heterocycles. The second kappa shape index (κ2) is 12.6. The van der Waals surface area contributed by atoms with Crippen LogP contribution in [0.15, 0.2) is 73.3 Å². The third-order valence-electron chi connectivity index (χ3n) is 5.54. The zero-order valence-electron chi connectivity index (χ0n) is 19.9. The Morgan fingerprint density at radius 2 is 1.65 bits per heavy atom. The smallest absolute Gasteiger partial charge is 0.465 e. The average molecular weight is 515 g/mol. The molecule has 8 nitrogen and oxygen atoms in total. The fourth-order valence-corrected chi connectivity index (χ4v) is 3.67. The Hall–Kier alpha value is -4.28. The summed E-state index contributed by atoms with van der Waals surface area (Å²) in [7, 11) is 1.19. The van der Waals surface area contributed by atoms with Crippen LogP contribution in [0, 0.1) is 0 Å². The number of nitrogens with zero attached hydrogens (tertiary/aromatic N) is 3. The number of nitrogens with one attached hydrogen (secondary N) is 1. The molecule has 0 radical (unpaired) electrons. The molecule has 0 saturated heterocycles. The molecule has 11 heteroatoms. The van der Waals surface area contributed by atoms with Gasteiger partial charge in [-0.3, -0.25) is 19.6 Å². The first kappa shape index (κ1) is 27.3. The Morgan fingerprint density at radius 3 is 2.24 bits per heavy atom. The van der Waals surface area contributed by atoms with E-state index in [2.05, 4.69) is 20.0 Å². The summed E-state index contributed by atoms with van der Waals surface area (Å²) in [6.45, 7) is -0.276. The Labute approximate surface area is 211 Å². The number of hydrogen-bond donors (Lipinski definition) is 1. The van der Waals surface area contributed by atoms with Crippen LogP contribution in [0.25, 0.3) is 0 Å². The molecule has 3 rings (SSSR count). The molecule has 194 valence electrons. The number of benzene rings is 1. The largest absolute Gasteiger partial charge is 0.471 e. The van der Waals surface area contributed by atoms with Gasteiger partial charge in [-0.1, -0.05) is 18.2 Å². The summed E-state index contributed by atoms with van der Waals surface area (Å²) in [5.41, 5.74) is 1.72. The number of rotatable bonds is 10. The maximum Gasteiger partial charge on any atom is 0.471 e. The van der Waals surface area contributed by atoms with Crippen LogP contribution >= 0.6 is 0 Å². The van der Waals surface area contributed by atoms with Gasteiger partial charge in [0.05, 0.1) is 12.7 Å². The molecular weight excluding hydrogens is 489 g/mol. The van der Waals surface area contributed by atoms with Crippen molar-refractivity contribution in [3.05, 3.63) is 95.6 Å². The number of methoxy groups -OCH3 is 1. The molecule has 0 bridgehead atoms. The van der Waals surface area contributed by atoms with Crippen molar-refractivity contribution >= 4 is 17.8 Å². The van der Waals surface area contributed by atoms with E-state index in [4.69, 9.17) is 0 Å². The van der Waals surface area contributed by atoms with E-state index in [-0.39, 0.29) is 24.1 Å². The zero-order chi connectivity index (χ0) is 26.8. The SMILES string of the molecule is COC(=O)c1ccc(C(C(=O)NCCc2ccncc2)N(CCc2cccnc2)C(=O)C(F)(F)F)cc1. The first-order chi connectivity index (χ1) is 17.7. The molecule has 1 unspecified atom stereocenters. The summed E-state index contributed by atoms with van der Waals surface area (Å²) in [6.07, 6.45) is 1.41. The lowest BCUT2D eigenvalue weighted by Crippen LogP contribution is -2.49. The minimum absolute atomic E-state index is 0.0384. The fourth-order valence-electron chi connectivity index (χ4n) is 3.67. The lowest BCUT2D eigenvalue weighted by atomic mass is 10.0. The lowest BCUT2D eigenvalue weighted by Gasteiger charge is -2.32. The van der Waals surface area contributed by atoms with E-state index in [0.29, 0.717) is 16.9 Å². The maximum absolute atomic E-state index is 13.7. The Morgan fingerprint density at radius 1 is 0.946 bits per heavy atom. The molecule has 2 amide bonds. The number of carbonyl (C=O) groups is 3. The third-order valence-corrected chi connectivity index (χ3v) is 5.54. The van der Waals surface area contributed by atoms with E-state index < -0.39 is 36.5 Å². The predicted octanol–water partition coefficient (Wildman–Crippen LogP) is 3.30. The van der Waals surface area contributed by atoms with Crippen molar-refractivity contribution in [3.63, 3.8) is 0 Å². The Kier molecular flexibility index (Phi) is 9.31. The highest BCUT2D eigenvalue weighted by atomic mass is 19.4. The summed E-state index contributed by atoms with van der Waals surface area (Å²) in [4.78, 5) is 46.0. The van der Waals surface area contributed by atoms with Crippen molar-refractivity contribution in [1.29, 1.82) is 0 Å². The lowest BCUT2D eigenvalue weighted by molar-refractivity contribution is -0.188. The van der Waals surface area contributed by atoms with Gasteiger partial charge in [-0.2, -0.15) is 13.2 Å². The molecule has 0 spiro atoms. The summed E-state index contributed by atoms with van der Waals surface area (Å²) < 4.78 is 45.6. The summed E-state index contributed by atoms with van der Waals surface area (Å²) in [6, 6.07) is 10.5. The molecule has 0 aliphatic rings. The molecule has 2 aromatic heterocycles. The molecule has 0 aliphatic carbocycles. The van der Waals surface area contributed by atoms with Crippen LogP contribution in [0.1, 0.15) is 33.1 Å². The molecule has 1 N–H and O–H groups in total.